The second kappa shape index (κ2) is 3.89. The Hall–Kier alpha value is -1.05. The second-order valence-corrected chi connectivity index (χ2v) is 1.77. The van der Waals surface area contributed by atoms with Crippen molar-refractivity contribution in [3.8, 4) is 0 Å². The van der Waals surface area contributed by atoms with Gasteiger partial charge in [-0.15, -0.1) is 0 Å². The average molecular weight is 125 g/mol. The van der Waals surface area contributed by atoms with Gasteiger partial charge >= 0.3 is 0 Å². The monoisotopic (exact) mass is 125 g/mol. The van der Waals surface area contributed by atoms with Crippen molar-refractivity contribution in [1.82, 2.24) is 5.32 Å². The number of rotatable bonds is 2. The molecule has 0 unspecified atom stereocenters. The second-order valence-electron chi connectivity index (χ2n) is 1.77. The number of hydrogen-bond donors (Lipinski definition) is 1. The van der Waals surface area contributed by atoms with E-state index in [0.717, 1.165) is 0 Å². The van der Waals surface area contributed by atoms with E-state index in [1.807, 2.05) is 0 Å². The Kier molecular flexibility index (Phi) is 3.44. The lowest BCUT2D eigenvalue weighted by Crippen LogP contribution is -2.17. The molecule has 0 bridgehead atoms. The molecule has 0 aliphatic heterocycles. The SMILES string of the molecule is C=C(C)NC(=O)/C=C\C. The van der Waals surface area contributed by atoms with Gasteiger partial charge in [0.25, 0.3) is 0 Å². The number of allylic oxidation sites excluding steroid dienone is 2. The zero-order valence-electron chi connectivity index (χ0n) is 5.77. The molecule has 2 nitrogen and oxygen atoms in total. The number of carbonyl (C=O) groups excluding carboxylic acids is 1. The number of nitrogens with one attached hydrogen (secondary N) is 1. The average Bonchev–Trinajstić information content (AvgIpc) is 1.63. The van der Waals surface area contributed by atoms with Crippen LogP contribution in [0.3, 0.4) is 0 Å². The fourth-order valence-electron chi connectivity index (χ4n) is 0.403. The fourth-order valence-corrected chi connectivity index (χ4v) is 0.403. The summed E-state index contributed by atoms with van der Waals surface area (Å²) in [6.07, 6.45) is 3.13. The summed E-state index contributed by atoms with van der Waals surface area (Å²) in [5.41, 5.74) is 0.665. The molecule has 0 aromatic heterocycles. The van der Waals surface area contributed by atoms with Crippen molar-refractivity contribution >= 4 is 5.91 Å². The minimum atomic E-state index is -0.120. The summed E-state index contributed by atoms with van der Waals surface area (Å²) in [5.74, 6) is -0.120. The van der Waals surface area contributed by atoms with E-state index in [4.69, 9.17) is 0 Å². The number of amides is 1. The van der Waals surface area contributed by atoms with Crippen molar-refractivity contribution in [2.45, 2.75) is 13.8 Å². The van der Waals surface area contributed by atoms with Crippen molar-refractivity contribution < 1.29 is 4.79 Å². The van der Waals surface area contributed by atoms with Gasteiger partial charge in [-0.1, -0.05) is 12.7 Å². The quantitative estimate of drug-likeness (QED) is 0.552. The lowest BCUT2D eigenvalue weighted by Gasteiger charge is -1.96. The Morgan fingerprint density at radius 3 is 2.56 bits per heavy atom. The number of hydrogen-bond acceptors (Lipinski definition) is 1. The molecule has 1 amide bonds. The lowest BCUT2D eigenvalue weighted by molar-refractivity contribution is -0.115. The summed E-state index contributed by atoms with van der Waals surface area (Å²) in [6, 6.07) is 0. The van der Waals surface area contributed by atoms with Crippen LogP contribution < -0.4 is 5.32 Å². The Labute approximate surface area is 55.3 Å². The van der Waals surface area contributed by atoms with E-state index in [9.17, 15) is 4.79 Å². The molecule has 0 spiro atoms. The number of carbonyl (C=O) groups is 1. The molecular weight excluding hydrogens is 114 g/mol. The van der Waals surface area contributed by atoms with Crippen molar-refractivity contribution in [2.24, 2.45) is 0 Å². The van der Waals surface area contributed by atoms with E-state index in [1.54, 1.807) is 19.9 Å². The molecular formula is C7H11NO. The molecule has 9 heavy (non-hydrogen) atoms. The van der Waals surface area contributed by atoms with Gasteiger partial charge in [0.1, 0.15) is 0 Å². The first-order chi connectivity index (χ1) is 4.16. The van der Waals surface area contributed by atoms with Gasteiger partial charge in [0.05, 0.1) is 0 Å². The maximum absolute atomic E-state index is 10.6. The highest BCUT2D eigenvalue weighted by Gasteiger charge is 1.89. The minimum absolute atomic E-state index is 0.120. The molecule has 0 saturated heterocycles. The van der Waals surface area contributed by atoms with Crippen LogP contribution >= 0.6 is 0 Å². The topological polar surface area (TPSA) is 29.1 Å². The predicted octanol–water partition coefficient (Wildman–Crippen LogP) is 1.21. The van der Waals surface area contributed by atoms with E-state index in [1.165, 1.54) is 6.08 Å². The highest BCUT2D eigenvalue weighted by atomic mass is 16.1. The third-order valence-electron chi connectivity index (χ3n) is 0.655. The van der Waals surface area contributed by atoms with Gasteiger partial charge in [-0.2, -0.15) is 0 Å². The summed E-state index contributed by atoms with van der Waals surface area (Å²) in [5, 5.41) is 2.52. The van der Waals surface area contributed by atoms with Gasteiger partial charge < -0.3 is 5.32 Å². The van der Waals surface area contributed by atoms with Crippen LogP contribution in [0.15, 0.2) is 24.4 Å². The molecule has 0 heterocycles. The molecule has 0 radical (unpaired) electrons. The lowest BCUT2D eigenvalue weighted by atomic mass is 10.4. The largest absolute Gasteiger partial charge is 0.327 e. The first-order valence-electron chi connectivity index (χ1n) is 2.76. The molecule has 0 saturated carbocycles. The van der Waals surface area contributed by atoms with Crippen LogP contribution in [0, 0.1) is 0 Å². The summed E-state index contributed by atoms with van der Waals surface area (Å²) in [4.78, 5) is 10.6. The highest BCUT2D eigenvalue weighted by Crippen LogP contribution is 1.79. The van der Waals surface area contributed by atoms with Crippen LogP contribution in [0.4, 0.5) is 0 Å². The van der Waals surface area contributed by atoms with Crippen LogP contribution in [0.25, 0.3) is 0 Å². The zero-order valence-corrected chi connectivity index (χ0v) is 5.77. The van der Waals surface area contributed by atoms with Crippen LogP contribution in [0.5, 0.6) is 0 Å². The maximum atomic E-state index is 10.6. The van der Waals surface area contributed by atoms with Gasteiger partial charge in [0, 0.05) is 5.70 Å². The summed E-state index contributed by atoms with van der Waals surface area (Å²) in [7, 11) is 0. The van der Waals surface area contributed by atoms with Crippen molar-refractivity contribution in [2.75, 3.05) is 0 Å². The predicted molar refractivity (Wildman–Crippen MR) is 37.8 cm³/mol. The Bertz CT molecular complexity index is 147. The van der Waals surface area contributed by atoms with Crippen molar-refractivity contribution in [3.05, 3.63) is 24.4 Å². The first-order valence-corrected chi connectivity index (χ1v) is 2.76. The van der Waals surface area contributed by atoms with Crippen LogP contribution in [0.1, 0.15) is 13.8 Å². The molecule has 0 aromatic rings. The van der Waals surface area contributed by atoms with Gasteiger partial charge in [-0.3, -0.25) is 4.79 Å². The Morgan fingerprint density at radius 2 is 2.22 bits per heavy atom. The van der Waals surface area contributed by atoms with Crippen LogP contribution in [-0.2, 0) is 4.79 Å². The van der Waals surface area contributed by atoms with Gasteiger partial charge in [0.15, 0.2) is 0 Å². The molecule has 0 aliphatic carbocycles. The summed E-state index contributed by atoms with van der Waals surface area (Å²) >= 11 is 0. The van der Waals surface area contributed by atoms with Gasteiger partial charge in [-0.25, -0.2) is 0 Å². The van der Waals surface area contributed by atoms with Crippen molar-refractivity contribution in [3.63, 3.8) is 0 Å². The molecule has 0 atom stereocenters. The summed E-state index contributed by atoms with van der Waals surface area (Å²) in [6.45, 7) is 7.04. The normalized spacial score (nSPS) is 9.56. The molecule has 2 heteroatoms. The van der Waals surface area contributed by atoms with E-state index in [-0.39, 0.29) is 5.91 Å². The van der Waals surface area contributed by atoms with E-state index >= 15 is 0 Å². The highest BCUT2D eigenvalue weighted by molar-refractivity contribution is 5.88. The van der Waals surface area contributed by atoms with E-state index < -0.39 is 0 Å². The fraction of sp³-hybridized carbons (Fsp3) is 0.286. The van der Waals surface area contributed by atoms with Gasteiger partial charge in [0.2, 0.25) is 5.91 Å². The molecule has 50 valence electrons. The molecule has 1 N–H and O–H groups in total. The maximum Gasteiger partial charge on any atom is 0.247 e. The third-order valence-corrected chi connectivity index (χ3v) is 0.655. The molecule has 0 fully saturated rings. The third kappa shape index (κ3) is 4.81. The van der Waals surface area contributed by atoms with E-state index in [2.05, 4.69) is 11.9 Å². The standard InChI is InChI=1S/C7H11NO/c1-4-5-7(9)8-6(2)3/h4-5H,2H2,1,3H3,(H,8,9)/b5-4-. The minimum Gasteiger partial charge on any atom is -0.327 e. The van der Waals surface area contributed by atoms with Gasteiger partial charge in [-0.05, 0) is 19.9 Å². The Balaban J connectivity index is 3.64. The zero-order chi connectivity index (χ0) is 7.28. The summed E-state index contributed by atoms with van der Waals surface area (Å²) < 4.78 is 0. The van der Waals surface area contributed by atoms with Crippen LogP contribution in [0.2, 0.25) is 0 Å². The van der Waals surface area contributed by atoms with Crippen molar-refractivity contribution in [1.29, 1.82) is 0 Å². The molecule has 0 aromatic carbocycles. The smallest absolute Gasteiger partial charge is 0.247 e. The Morgan fingerprint density at radius 1 is 1.67 bits per heavy atom. The first kappa shape index (κ1) is 7.95. The van der Waals surface area contributed by atoms with Crippen LogP contribution in [-0.4, -0.2) is 5.91 Å². The molecule has 0 rings (SSSR count). The molecule has 0 aliphatic rings. The van der Waals surface area contributed by atoms with E-state index in [0.29, 0.717) is 5.70 Å².